The number of hydrogen-bond donors (Lipinski definition) is 0. The summed E-state index contributed by atoms with van der Waals surface area (Å²) < 4.78 is 5.27. The third-order valence-corrected chi connectivity index (χ3v) is 2.87. The van der Waals surface area contributed by atoms with Gasteiger partial charge in [-0.1, -0.05) is 0 Å². The molecule has 19 heavy (non-hydrogen) atoms. The Morgan fingerprint density at radius 2 is 1.84 bits per heavy atom. The van der Waals surface area contributed by atoms with Crippen LogP contribution >= 0.6 is 11.6 Å². The van der Waals surface area contributed by atoms with Crippen molar-refractivity contribution in [3.05, 3.63) is 28.9 Å². The summed E-state index contributed by atoms with van der Waals surface area (Å²) >= 11 is 5.92. The fourth-order valence-electron chi connectivity index (χ4n) is 1.60. The Kier molecular flexibility index (Phi) is 3.90. The molecule has 2 aromatic rings. The summed E-state index contributed by atoms with van der Waals surface area (Å²) in [6.45, 7) is 2.57. The number of aromatic nitrogens is 3. The summed E-state index contributed by atoms with van der Waals surface area (Å²) in [7, 11) is 5.61. The lowest BCUT2D eigenvalue weighted by atomic mass is 10.2. The minimum atomic E-state index is 0.185. The highest BCUT2D eigenvalue weighted by molar-refractivity contribution is 6.28. The molecule has 0 radical (unpaired) electrons. The zero-order chi connectivity index (χ0) is 14.0. The van der Waals surface area contributed by atoms with E-state index in [2.05, 4.69) is 15.0 Å². The van der Waals surface area contributed by atoms with Gasteiger partial charge in [0.1, 0.15) is 5.76 Å². The van der Waals surface area contributed by atoms with Crippen LogP contribution in [0.2, 0.25) is 5.28 Å². The molecule has 0 aliphatic heterocycles. The van der Waals surface area contributed by atoms with Crippen LogP contribution in [0, 0.1) is 6.92 Å². The molecular formula is C12H16ClN5O. The minimum absolute atomic E-state index is 0.185. The normalized spacial score (nSPS) is 10.6. The number of aryl methyl sites for hydroxylation is 1. The molecule has 0 aliphatic carbocycles. The van der Waals surface area contributed by atoms with E-state index in [1.807, 2.05) is 39.0 Å². The van der Waals surface area contributed by atoms with E-state index in [-0.39, 0.29) is 5.28 Å². The average molecular weight is 282 g/mol. The van der Waals surface area contributed by atoms with Gasteiger partial charge in [0.2, 0.25) is 17.2 Å². The molecule has 0 fully saturated rings. The Bertz CT molecular complexity index is 569. The van der Waals surface area contributed by atoms with E-state index >= 15 is 0 Å². The molecule has 0 spiro atoms. The molecule has 0 aromatic carbocycles. The van der Waals surface area contributed by atoms with E-state index in [0.717, 1.165) is 11.3 Å². The predicted molar refractivity (Wildman–Crippen MR) is 74.7 cm³/mol. The number of nitrogens with zero attached hydrogens (tertiary/aromatic N) is 5. The maximum absolute atomic E-state index is 5.92. The first-order valence-corrected chi connectivity index (χ1v) is 6.18. The molecule has 2 aromatic heterocycles. The second-order valence-electron chi connectivity index (χ2n) is 4.46. The summed E-state index contributed by atoms with van der Waals surface area (Å²) in [6.07, 6.45) is 1.67. The average Bonchev–Trinajstić information content (AvgIpc) is 2.74. The molecule has 2 rings (SSSR count). The van der Waals surface area contributed by atoms with Gasteiger partial charge in [0, 0.05) is 33.3 Å². The van der Waals surface area contributed by atoms with Gasteiger partial charge in [0.05, 0.1) is 6.26 Å². The van der Waals surface area contributed by atoms with Crippen LogP contribution in [0.5, 0.6) is 0 Å². The van der Waals surface area contributed by atoms with Crippen molar-refractivity contribution in [3.63, 3.8) is 0 Å². The van der Waals surface area contributed by atoms with Crippen molar-refractivity contribution in [1.82, 2.24) is 15.0 Å². The number of hydrogen-bond acceptors (Lipinski definition) is 6. The summed E-state index contributed by atoms with van der Waals surface area (Å²) in [5.74, 6) is 1.95. The molecule has 0 atom stereocenters. The zero-order valence-electron chi connectivity index (χ0n) is 11.4. The van der Waals surface area contributed by atoms with Crippen LogP contribution < -0.4 is 9.80 Å². The van der Waals surface area contributed by atoms with Crippen molar-refractivity contribution in [2.75, 3.05) is 30.9 Å². The van der Waals surface area contributed by atoms with Crippen molar-refractivity contribution < 1.29 is 4.42 Å². The molecule has 0 N–H and O–H groups in total. The fourth-order valence-corrected chi connectivity index (χ4v) is 1.75. The SMILES string of the molecule is Cc1occc1CN(C)c1nc(Cl)nc(N(C)C)n1. The molecule has 0 saturated heterocycles. The van der Waals surface area contributed by atoms with Gasteiger partial charge in [-0.3, -0.25) is 0 Å². The third kappa shape index (κ3) is 3.14. The summed E-state index contributed by atoms with van der Waals surface area (Å²) in [4.78, 5) is 16.2. The van der Waals surface area contributed by atoms with Gasteiger partial charge in [-0.15, -0.1) is 0 Å². The summed E-state index contributed by atoms with van der Waals surface area (Å²) in [5, 5.41) is 0.185. The molecule has 0 unspecified atom stereocenters. The third-order valence-electron chi connectivity index (χ3n) is 2.70. The number of halogens is 1. The monoisotopic (exact) mass is 281 g/mol. The Morgan fingerprint density at radius 3 is 2.42 bits per heavy atom. The maximum Gasteiger partial charge on any atom is 0.231 e. The Labute approximate surface area is 117 Å². The molecule has 0 saturated carbocycles. The predicted octanol–water partition coefficient (Wildman–Crippen LogP) is 2.13. The lowest BCUT2D eigenvalue weighted by Gasteiger charge is -2.18. The first-order valence-electron chi connectivity index (χ1n) is 5.80. The quantitative estimate of drug-likeness (QED) is 0.856. The summed E-state index contributed by atoms with van der Waals surface area (Å²) in [5.41, 5.74) is 1.09. The van der Waals surface area contributed by atoms with E-state index < -0.39 is 0 Å². The van der Waals surface area contributed by atoms with Crippen LogP contribution in [0.4, 0.5) is 11.9 Å². The van der Waals surface area contributed by atoms with Gasteiger partial charge in [-0.2, -0.15) is 15.0 Å². The zero-order valence-corrected chi connectivity index (χ0v) is 12.1. The highest BCUT2D eigenvalue weighted by Crippen LogP contribution is 2.18. The first kappa shape index (κ1) is 13.6. The van der Waals surface area contributed by atoms with Crippen LogP contribution in [0.1, 0.15) is 11.3 Å². The standard InChI is InChI=1S/C12H16ClN5O/c1-8-9(5-6-19-8)7-18(4)12-15-10(13)14-11(16-12)17(2)3/h5-6H,7H2,1-4H3. The molecular weight excluding hydrogens is 266 g/mol. The Balaban J connectivity index is 2.23. The van der Waals surface area contributed by atoms with Gasteiger partial charge in [0.15, 0.2) is 0 Å². The first-order chi connectivity index (χ1) is 8.97. The van der Waals surface area contributed by atoms with E-state index in [0.29, 0.717) is 18.4 Å². The van der Waals surface area contributed by atoms with Crippen LogP contribution in [-0.4, -0.2) is 36.1 Å². The van der Waals surface area contributed by atoms with Gasteiger partial charge in [-0.05, 0) is 24.6 Å². The van der Waals surface area contributed by atoms with E-state index in [4.69, 9.17) is 16.0 Å². The number of rotatable bonds is 4. The fraction of sp³-hybridized carbons (Fsp3) is 0.417. The van der Waals surface area contributed by atoms with E-state index in [1.54, 1.807) is 11.2 Å². The Hall–Kier alpha value is -1.82. The molecule has 2 heterocycles. The highest BCUT2D eigenvalue weighted by atomic mass is 35.5. The highest BCUT2D eigenvalue weighted by Gasteiger charge is 2.12. The van der Waals surface area contributed by atoms with Gasteiger partial charge in [0.25, 0.3) is 0 Å². The van der Waals surface area contributed by atoms with Crippen molar-refractivity contribution in [1.29, 1.82) is 0 Å². The second-order valence-corrected chi connectivity index (χ2v) is 4.80. The van der Waals surface area contributed by atoms with Crippen molar-refractivity contribution in [2.24, 2.45) is 0 Å². The number of furan rings is 1. The second kappa shape index (κ2) is 5.44. The molecule has 0 bridgehead atoms. The minimum Gasteiger partial charge on any atom is -0.469 e. The van der Waals surface area contributed by atoms with Crippen molar-refractivity contribution in [2.45, 2.75) is 13.5 Å². The van der Waals surface area contributed by atoms with E-state index in [9.17, 15) is 0 Å². The topological polar surface area (TPSA) is 58.3 Å². The molecule has 6 nitrogen and oxygen atoms in total. The molecule has 0 aliphatic rings. The largest absolute Gasteiger partial charge is 0.469 e. The maximum atomic E-state index is 5.92. The molecule has 102 valence electrons. The summed E-state index contributed by atoms with van der Waals surface area (Å²) in [6, 6.07) is 1.93. The van der Waals surface area contributed by atoms with E-state index in [1.165, 1.54) is 0 Å². The van der Waals surface area contributed by atoms with Crippen LogP contribution in [0.15, 0.2) is 16.7 Å². The number of anilines is 2. The van der Waals surface area contributed by atoms with Gasteiger partial charge in [-0.25, -0.2) is 0 Å². The van der Waals surface area contributed by atoms with Crippen molar-refractivity contribution in [3.8, 4) is 0 Å². The van der Waals surface area contributed by atoms with Gasteiger partial charge >= 0.3 is 0 Å². The lowest BCUT2D eigenvalue weighted by Crippen LogP contribution is -2.22. The lowest BCUT2D eigenvalue weighted by molar-refractivity contribution is 0.529. The van der Waals surface area contributed by atoms with Crippen LogP contribution in [0.25, 0.3) is 0 Å². The van der Waals surface area contributed by atoms with Gasteiger partial charge < -0.3 is 14.2 Å². The Morgan fingerprint density at radius 1 is 1.16 bits per heavy atom. The molecule has 7 heteroatoms. The molecule has 0 amide bonds. The smallest absolute Gasteiger partial charge is 0.231 e. The van der Waals surface area contributed by atoms with Crippen molar-refractivity contribution >= 4 is 23.5 Å². The van der Waals surface area contributed by atoms with Crippen LogP contribution in [-0.2, 0) is 6.54 Å². The van der Waals surface area contributed by atoms with Crippen LogP contribution in [0.3, 0.4) is 0 Å².